The quantitative estimate of drug-likeness (QED) is 0.720. The molecule has 168 valence electrons. The molecular weight excluding hydrogens is 411 g/mol. The van der Waals surface area contributed by atoms with Crippen LogP contribution in [-0.4, -0.2) is 60.6 Å². The van der Waals surface area contributed by atoms with E-state index in [4.69, 9.17) is 4.74 Å². The number of hydrogen-bond donors (Lipinski definition) is 2. The summed E-state index contributed by atoms with van der Waals surface area (Å²) in [5.41, 5.74) is 0.0463. The maximum Gasteiger partial charge on any atom is 0.416 e. The third kappa shape index (κ3) is 5.01. The maximum absolute atomic E-state index is 13.7. The Labute approximate surface area is 178 Å². The molecule has 2 saturated heterocycles. The van der Waals surface area contributed by atoms with E-state index in [9.17, 15) is 18.3 Å². The zero-order valence-electron chi connectivity index (χ0n) is 17.1. The van der Waals surface area contributed by atoms with E-state index in [1.165, 1.54) is 18.5 Å². The Balaban J connectivity index is 1.51. The minimum absolute atomic E-state index is 0.00677. The first-order valence-corrected chi connectivity index (χ1v) is 10.4. The smallest absolute Gasteiger partial charge is 0.394 e. The topological polar surface area (TPSA) is 73.8 Å². The van der Waals surface area contributed by atoms with E-state index < -0.39 is 11.7 Å². The molecule has 0 radical (unpaired) electrons. The molecule has 2 aliphatic rings. The van der Waals surface area contributed by atoms with E-state index in [0.717, 1.165) is 19.4 Å². The summed E-state index contributed by atoms with van der Waals surface area (Å²) in [4.78, 5) is 12.3. The number of benzene rings is 1. The van der Waals surface area contributed by atoms with Crippen molar-refractivity contribution in [1.82, 2.24) is 9.97 Å². The molecule has 4 rings (SSSR count). The highest BCUT2D eigenvalue weighted by molar-refractivity contribution is 5.54. The number of anilines is 3. The fourth-order valence-corrected chi connectivity index (χ4v) is 4.11. The Morgan fingerprint density at radius 1 is 1.13 bits per heavy atom. The average molecular weight is 437 g/mol. The van der Waals surface area contributed by atoms with Gasteiger partial charge in [0.15, 0.2) is 0 Å². The first-order valence-electron chi connectivity index (χ1n) is 10.4. The van der Waals surface area contributed by atoms with E-state index in [1.807, 2.05) is 9.80 Å². The molecule has 10 heteroatoms. The van der Waals surface area contributed by atoms with Gasteiger partial charge >= 0.3 is 6.18 Å². The number of ether oxygens (including phenoxy) is 1. The van der Waals surface area contributed by atoms with Crippen molar-refractivity contribution in [3.63, 3.8) is 0 Å². The van der Waals surface area contributed by atoms with Crippen LogP contribution in [0, 0.1) is 0 Å². The van der Waals surface area contributed by atoms with Gasteiger partial charge < -0.3 is 25.0 Å². The molecule has 0 bridgehead atoms. The molecule has 1 atom stereocenters. The summed E-state index contributed by atoms with van der Waals surface area (Å²) in [6.45, 7) is 2.97. The third-order valence-electron chi connectivity index (χ3n) is 5.77. The van der Waals surface area contributed by atoms with Crippen LogP contribution in [0.3, 0.4) is 0 Å². The van der Waals surface area contributed by atoms with Crippen molar-refractivity contribution in [2.24, 2.45) is 0 Å². The second-order valence-electron chi connectivity index (χ2n) is 7.73. The van der Waals surface area contributed by atoms with Crippen molar-refractivity contribution in [2.45, 2.75) is 31.6 Å². The van der Waals surface area contributed by atoms with Gasteiger partial charge in [0.1, 0.15) is 18.0 Å². The number of aliphatic hydroxyl groups is 1. The SMILES string of the molecule is OCC1CCCN1c1cc(NCc2ccc(N3CCOCC3)cc2C(F)(F)F)ncn1. The molecule has 1 unspecified atom stereocenters. The zero-order valence-corrected chi connectivity index (χ0v) is 17.1. The van der Waals surface area contributed by atoms with Gasteiger partial charge in [-0.1, -0.05) is 6.07 Å². The van der Waals surface area contributed by atoms with Gasteiger partial charge in [0, 0.05) is 37.9 Å². The van der Waals surface area contributed by atoms with E-state index in [-0.39, 0.29) is 24.8 Å². The predicted octanol–water partition coefficient (Wildman–Crippen LogP) is 2.91. The lowest BCUT2D eigenvalue weighted by atomic mass is 10.0. The van der Waals surface area contributed by atoms with Crippen molar-refractivity contribution in [3.8, 4) is 0 Å². The number of aliphatic hydroxyl groups excluding tert-OH is 1. The van der Waals surface area contributed by atoms with Crippen LogP contribution in [0.4, 0.5) is 30.5 Å². The molecule has 1 aromatic heterocycles. The molecule has 2 N–H and O–H groups in total. The predicted molar refractivity (Wildman–Crippen MR) is 111 cm³/mol. The van der Waals surface area contributed by atoms with Gasteiger partial charge in [-0.2, -0.15) is 13.2 Å². The van der Waals surface area contributed by atoms with Gasteiger partial charge in [0.05, 0.1) is 31.4 Å². The minimum Gasteiger partial charge on any atom is -0.394 e. The van der Waals surface area contributed by atoms with Crippen LogP contribution in [0.15, 0.2) is 30.6 Å². The lowest BCUT2D eigenvalue weighted by molar-refractivity contribution is -0.138. The van der Waals surface area contributed by atoms with Gasteiger partial charge in [-0.15, -0.1) is 0 Å². The molecule has 7 nitrogen and oxygen atoms in total. The second kappa shape index (κ2) is 9.27. The number of alkyl halides is 3. The van der Waals surface area contributed by atoms with Gasteiger partial charge in [0.25, 0.3) is 0 Å². The van der Waals surface area contributed by atoms with Crippen molar-refractivity contribution < 1.29 is 23.0 Å². The van der Waals surface area contributed by atoms with Crippen molar-refractivity contribution >= 4 is 17.3 Å². The second-order valence-corrected chi connectivity index (χ2v) is 7.73. The molecule has 31 heavy (non-hydrogen) atoms. The Morgan fingerprint density at radius 2 is 1.94 bits per heavy atom. The third-order valence-corrected chi connectivity index (χ3v) is 5.77. The fourth-order valence-electron chi connectivity index (χ4n) is 4.11. The monoisotopic (exact) mass is 437 g/mol. The molecule has 0 aliphatic carbocycles. The lowest BCUT2D eigenvalue weighted by Gasteiger charge is -2.29. The summed E-state index contributed by atoms with van der Waals surface area (Å²) in [6, 6.07) is 6.17. The zero-order chi connectivity index (χ0) is 21.8. The normalized spacial score (nSPS) is 19.7. The van der Waals surface area contributed by atoms with E-state index in [0.29, 0.717) is 43.6 Å². The standard InChI is InChI=1S/C21H26F3N5O2/c22-21(23,24)18-10-16(28-6-8-31-9-7-28)4-3-15(18)12-25-19-11-20(27-14-26-19)29-5-1-2-17(29)13-30/h3-4,10-11,14,17,30H,1-2,5-9,12-13H2,(H,25,26,27). The van der Waals surface area contributed by atoms with Crippen LogP contribution in [0.2, 0.25) is 0 Å². The summed E-state index contributed by atoms with van der Waals surface area (Å²) in [5, 5.41) is 12.5. The molecule has 2 aliphatic heterocycles. The Kier molecular flexibility index (Phi) is 6.47. The molecule has 0 saturated carbocycles. The molecular formula is C21H26F3N5O2. The Morgan fingerprint density at radius 3 is 2.68 bits per heavy atom. The van der Waals surface area contributed by atoms with Crippen LogP contribution in [0.25, 0.3) is 0 Å². The summed E-state index contributed by atoms with van der Waals surface area (Å²) >= 11 is 0. The van der Waals surface area contributed by atoms with Crippen LogP contribution >= 0.6 is 0 Å². The molecule has 0 spiro atoms. The fraction of sp³-hybridized carbons (Fsp3) is 0.524. The van der Waals surface area contributed by atoms with Gasteiger partial charge in [-0.05, 0) is 30.5 Å². The van der Waals surface area contributed by atoms with Crippen LogP contribution in [0.1, 0.15) is 24.0 Å². The first kappa shape index (κ1) is 21.6. The number of rotatable bonds is 6. The Bertz CT molecular complexity index is 890. The first-order chi connectivity index (χ1) is 15.0. The summed E-state index contributed by atoms with van der Waals surface area (Å²) in [5.74, 6) is 1.10. The maximum atomic E-state index is 13.7. The number of aromatic nitrogens is 2. The minimum atomic E-state index is -4.46. The molecule has 1 aromatic carbocycles. The van der Waals surface area contributed by atoms with Crippen molar-refractivity contribution in [1.29, 1.82) is 0 Å². The number of nitrogens with one attached hydrogen (secondary N) is 1. The van der Waals surface area contributed by atoms with Crippen LogP contribution in [0.5, 0.6) is 0 Å². The van der Waals surface area contributed by atoms with Crippen LogP contribution in [-0.2, 0) is 17.5 Å². The lowest BCUT2D eigenvalue weighted by Crippen LogP contribution is -2.36. The van der Waals surface area contributed by atoms with Gasteiger partial charge in [-0.25, -0.2) is 9.97 Å². The van der Waals surface area contributed by atoms with Gasteiger partial charge in [-0.3, -0.25) is 0 Å². The summed E-state index contributed by atoms with van der Waals surface area (Å²) < 4.78 is 46.5. The van der Waals surface area contributed by atoms with Crippen molar-refractivity contribution in [3.05, 3.63) is 41.7 Å². The molecule has 0 amide bonds. The number of halogens is 3. The summed E-state index contributed by atoms with van der Waals surface area (Å²) in [6.07, 6.45) is -1.23. The van der Waals surface area contributed by atoms with E-state index in [2.05, 4.69) is 15.3 Å². The highest BCUT2D eigenvalue weighted by atomic mass is 19.4. The average Bonchev–Trinajstić information content (AvgIpc) is 3.27. The van der Waals surface area contributed by atoms with E-state index in [1.54, 1.807) is 12.1 Å². The number of nitrogens with zero attached hydrogens (tertiary/aromatic N) is 4. The highest BCUT2D eigenvalue weighted by Gasteiger charge is 2.34. The number of morpholine rings is 1. The number of hydrogen-bond acceptors (Lipinski definition) is 7. The summed E-state index contributed by atoms with van der Waals surface area (Å²) in [7, 11) is 0. The molecule has 2 fully saturated rings. The highest BCUT2D eigenvalue weighted by Crippen LogP contribution is 2.35. The van der Waals surface area contributed by atoms with Crippen LogP contribution < -0.4 is 15.1 Å². The molecule has 3 heterocycles. The molecule has 2 aromatic rings. The Hall–Kier alpha value is -2.59. The largest absolute Gasteiger partial charge is 0.416 e. The van der Waals surface area contributed by atoms with Gasteiger partial charge in [0.2, 0.25) is 0 Å². The van der Waals surface area contributed by atoms with Crippen molar-refractivity contribution in [2.75, 3.05) is 54.6 Å². The van der Waals surface area contributed by atoms with E-state index >= 15 is 0 Å².